The first-order valence-electron chi connectivity index (χ1n) is 8.46. The van der Waals surface area contributed by atoms with E-state index in [0.29, 0.717) is 43.3 Å². The van der Waals surface area contributed by atoms with Crippen molar-refractivity contribution >= 4 is 17.4 Å². The maximum absolute atomic E-state index is 12.6. The Labute approximate surface area is 154 Å². The molecule has 1 aliphatic heterocycles. The zero-order valence-corrected chi connectivity index (χ0v) is 14.7. The van der Waals surface area contributed by atoms with Crippen molar-refractivity contribution in [2.75, 3.05) is 30.4 Å². The minimum Gasteiger partial charge on any atom is -0.481 e. The molecule has 1 fully saturated rings. The summed E-state index contributed by atoms with van der Waals surface area (Å²) in [5.41, 5.74) is -0.179. The second kappa shape index (κ2) is 7.81. The van der Waals surface area contributed by atoms with Gasteiger partial charge in [0.15, 0.2) is 0 Å². The summed E-state index contributed by atoms with van der Waals surface area (Å²) in [6, 6.07) is 5.77. The average Bonchev–Trinajstić information content (AvgIpc) is 2.68. The number of aromatic nitrogens is 2. The van der Waals surface area contributed by atoms with Gasteiger partial charge in [0.2, 0.25) is 11.8 Å². The molecule has 1 saturated heterocycles. The van der Waals surface area contributed by atoms with Gasteiger partial charge in [-0.25, -0.2) is 9.97 Å². The first-order valence-corrected chi connectivity index (χ1v) is 8.46. The van der Waals surface area contributed by atoms with E-state index in [1.54, 1.807) is 12.1 Å². The monoisotopic (exact) mass is 380 g/mol. The Balaban J connectivity index is 1.54. The van der Waals surface area contributed by atoms with E-state index in [4.69, 9.17) is 4.74 Å². The van der Waals surface area contributed by atoms with Crippen molar-refractivity contribution in [3.05, 3.63) is 42.2 Å². The number of carbonyl (C=O) groups excluding carboxylic acids is 1. The molecule has 6 nitrogen and oxygen atoms in total. The molecule has 27 heavy (non-hydrogen) atoms. The maximum atomic E-state index is 12.6. The van der Waals surface area contributed by atoms with Gasteiger partial charge in [0.25, 0.3) is 0 Å². The van der Waals surface area contributed by atoms with Crippen LogP contribution in [0.15, 0.2) is 36.7 Å². The fraction of sp³-hybridized carbons (Fsp3) is 0.389. The Bertz CT molecular complexity index is 771. The third kappa shape index (κ3) is 4.66. The molecular weight excluding hydrogens is 361 g/mol. The summed E-state index contributed by atoms with van der Waals surface area (Å²) >= 11 is 0. The Morgan fingerprint density at radius 3 is 2.41 bits per heavy atom. The second-order valence-corrected chi connectivity index (χ2v) is 6.24. The molecule has 144 valence electrons. The van der Waals surface area contributed by atoms with Crippen molar-refractivity contribution in [2.24, 2.45) is 5.92 Å². The van der Waals surface area contributed by atoms with E-state index < -0.39 is 11.7 Å². The summed E-state index contributed by atoms with van der Waals surface area (Å²) in [6.07, 6.45) is -0.841. The molecule has 0 atom stereocenters. The second-order valence-electron chi connectivity index (χ2n) is 6.24. The SMILES string of the molecule is COc1ccc(NC(=O)C2CCN(c3ccc(C(F)(F)F)cn3)CC2)cn1. The standard InChI is InChI=1S/C18H19F3N4O2/c1-27-16-5-3-14(11-23-16)24-17(26)12-6-8-25(9-7-12)15-4-2-13(10-22-15)18(19,20)21/h2-5,10-12H,6-9H2,1H3,(H,24,26). The van der Waals surface area contributed by atoms with Crippen LogP contribution in [-0.4, -0.2) is 36.1 Å². The molecule has 3 rings (SSSR count). The van der Waals surface area contributed by atoms with Crippen molar-refractivity contribution in [3.63, 3.8) is 0 Å². The number of halogens is 3. The Hall–Kier alpha value is -2.84. The number of pyridine rings is 2. The van der Waals surface area contributed by atoms with Gasteiger partial charge in [-0.15, -0.1) is 0 Å². The molecule has 0 radical (unpaired) electrons. The number of nitrogens with zero attached hydrogens (tertiary/aromatic N) is 3. The van der Waals surface area contributed by atoms with E-state index in [2.05, 4.69) is 15.3 Å². The van der Waals surface area contributed by atoms with E-state index >= 15 is 0 Å². The molecule has 0 bridgehead atoms. The summed E-state index contributed by atoms with van der Waals surface area (Å²) in [6.45, 7) is 1.11. The molecular formula is C18H19F3N4O2. The van der Waals surface area contributed by atoms with E-state index in [0.717, 1.165) is 12.3 Å². The molecule has 0 spiro atoms. The zero-order valence-electron chi connectivity index (χ0n) is 14.7. The molecule has 9 heteroatoms. The number of ether oxygens (including phenoxy) is 1. The lowest BCUT2D eigenvalue weighted by Crippen LogP contribution is -2.38. The lowest BCUT2D eigenvalue weighted by molar-refractivity contribution is -0.137. The lowest BCUT2D eigenvalue weighted by atomic mass is 9.96. The summed E-state index contributed by atoms with van der Waals surface area (Å²) < 4.78 is 42.8. The van der Waals surface area contributed by atoms with Gasteiger partial charge in [0.1, 0.15) is 5.82 Å². The number of rotatable bonds is 4. The van der Waals surface area contributed by atoms with E-state index in [9.17, 15) is 18.0 Å². The largest absolute Gasteiger partial charge is 0.481 e. The van der Waals surface area contributed by atoms with Crippen LogP contribution in [0, 0.1) is 5.92 Å². The highest BCUT2D eigenvalue weighted by molar-refractivity contribution is 5.92. The number of carbonyl (C=O) groups is 1. The van der Waals surface area contributed by atoms with Crippen molar-refractivity contribution in [1.82, 2.24) is 9.97 Å². The van der Waals surface area contributed by atoms with Crippen LogP contribution in [0.2, 0.25) is 0 Å². The Morgan fingerprint density at radius 2 is 1.89 bits per heavy atom. The molecule has 1 amide bonds. The van der Waals surface area contributed by atoms with Crippen molar-refractivity contribution in [2.45, 2.75) is 19.0 Å². The van der Waals surface area contributed by atoms with Crippen molar-refractivity contribution in [1.29, 1.82) is 0 Å². The minimum atomic E-state index is -4.40. The molecule has 1 aliphatic rings. The first-order chi connectivity index (χ1) is 12.9. The van der Waals surface area contributed by atoms with Gasteiger partial charge in [0.05, 0.1) is 24.6 Å². The van der Waals surface area contributed by atoms with E-state index in [1.807, 2.05) is 4.90 Å². The quantitative estimate of drug-likeness (QED) is 0.881. The maximum Gasteiger partial charge on any atom is 0.417 e. The molecule has 3 heterocycles. The van der Waals surface area contributed by atoms with Crippen LogP contribution in [0.5, 0.6) is 5.88 Å². The number of alkyl halides is 3. The van der Waals surface area contributed by atoms with Gasteiger partial charge < -0.3 is 15.0 Å². The molecule has 0 aromatic carbocycles. The minimum absolute atomic E-state index is 0.0954. The van der Waals surface area contributed by atoms with Crippen molar-refractivity contribution in [3.8, 4) is 5.88 Å². The molecule has 2 aromatic rings. The number of anilines is 2. The van der Waals surface area contributed by atoms with Gasteiger partial charge >= 0.3 is 6.18 Å². The fourth-order valence-electron chi connectivity index (χ4n) is 2.93. The van der Waals surface area contributed by atoms with Crippen LogP contribution in [-0.2, 0) is 11.0 Å². The van der Waals surface area contributed by atoms with Gasteiger partial charge in [-0.1, -0.05) is 0 Å². The highest BCUT2D eigenvalue weighted by atomic mass is 19.4. The van der Waals surface area contributed by atoms with Gasteiger partial charge in [-0.2, -0.15) is 13.2 Å². The van der Waals surface area contributed by atoms with Crippen LogP contribution in [0.1, 0.15) is 18.4 Å². The number of nitrogens with one attached hydrogen (secondary N) is 1. The summed E-state index contributed by atoms with van der Waals surface area (Å²) in [4.78, 5) is 22.2. The molecule has 0 saturated carbocycles. The highest BCUT2D eigenvalue weighted by Crippen LogP contribution is 2.30. The smallest absolute Gasteiger partial charge is 0.417 e. The van der Waals surface area contributed by atoms with Gasteiger partial charge in [0, 0.05) is 31.3 Å². The third-order valence-electron chi connectivity index (χ3n) is 4.48. The fourth-order valence-corrected chi connectivity index (χ4v) is 2.93. The predicted octanol–water partition coefficient (Wildman–Crippen LogP) is 3.36. The number of amides is 1. The number of methoxy groups -OCH3 is 1. The highest BCUT2D eigenvalue weighted by Gasteiger charge is 2.31. The van der Waals surface area contributed by atoms with Gasteiger partial charge in [-0.3, -0.25) is 4.79 Å². The van der Waals surface area contributed by atoms with Crippen LogP contribution in [0.4, 0.5) is 24.7 Å². The summed E-state index contributed by atoms with van der Waals surface area (Å²) in [7, 11) is 1.51. The average molecular weight is 380 g/mol. The van der Waals surface area contributed by atoms with Crippen LogP contribution in [0.3, 0.4) is 0 Å². The third-order valence-corrected chi connectivity index (χ3v) is 4.48. The van der Waals surface area contributed by atoms with Crippen LogP contribution in [0.25, 0.3) is 0 Å². The van der Waals surface area contributed by atoms with Gasteiger partial charge in [-0.05, 0) is 31.0 Å². The Kier molecular flexibility index (Phi) is 5.48. The van der Waals surface area contributed by atoms with Crippen LogP contribution >= 0.6 is 0 Å². The zero-order chi connectivity index (χ0) is 19.4. The number of hydrogen-bond donors (Lipinski definition) is 1. The molecule has 0 aliphatic carbocycles. The topological polar surface area (TPSA) is 67.3 Å². The first kappa shape index (κ1) is 18.9. The van der Waals surface area contributed by atoms with E-state index in [-0.39, 0.29) is 11.8 Å². The number of piperidine rings is 1. The van der Waals surface area contributed by atoms with Crippen LogP contribution < -0.4 is 15.0 Å². The number of hydrogen-bond acceptors (Lipinski definition) is 5. The molecule has 1 N–H and O–H groups in total. The van der Waals surface area contributed by atoms with E-state index in [1.165, 1.54) is 19.4 Å². The van der Waals surface area contributed by atoms with Crippen molar-refractivity contribution < 1.29 is 22.7 Å². The Morgan fingerprint density at radius 1 is 1.15 bits per heavy atom. The molecule has 2 aromatic heterocycles. The molecule has 0 unspecified atom stereocenters. The summed E-state index contributed by atoms with van der Waals surface area (Å²) in [5, 5.41) is 2.83. The normalized spacial score (nSPS) is 15.5. The summed E-state index contributed by atoms with van der Waals surface area (Å²) in [5.74, 6) is 0.686. The predicted molar refractivity (Wildman–Crippen MR) is 93.6 cm³/mol. The lowest BCUT2D eigenvalue weighted by Gasteiger charge is -2.32.